The maximum Gasteiger partial charge on any atom is 0.508 e. The normalized spacial score (nSPS) is 10.5. The molecule has 0 spiro atoms. The Morgan fingerprint density at radius 3 is 1.08 bits per heavy atom. The lowest BCUT2D eigenvalue weighted by Gasteiger charge is -2.30. The van der Waals surface area contributed by atoms with E-state index >= 15 is 0 Å². The Bertz CT molecular complexity index is 339. The molecule has 0 aliphatic heterocycles. The minimum Gasteiger partial charge on any atom is -0.435 e. The molecule has 0 aromatic carbocycles. The summed E-state index contributed by atoms with van der Waals surface area (Å²) < 4.78 is 29.0. The summed E-state index contributed by atoms with van der Waals surface area (Å²) in [4.78, 5) is 34.1. The van der Waals surface area contributed by atoms with E-state index in [4.69, 9.17) is 14.2 Å². The number of hydrogen-bond donors (Lipinski definition) is 0. The van der Waals surface area contributed by atoms with Crippen LogP contribution in [0.3, 0.4) is 0 Å². The van der Waals surface area contributed by atoms with Crippen LogP contribution in [0.1, 0.15) is 34.1 Å². The molecule has 0 aromatic heterocycles. The van der Waals surface area contributed by atoms with Crippen LogP contribution in [-0.2, 0) is 28.4 Å². The van der Waals surface area contributed by atoms with E-state index in [1.165, 1.54) is 0 Å². The quantitative estimate of drug-likeness (QED) is 0.434. The molecule has 0 fully saturated rings. The second-order valence-corrected chi connectivity index (χ2v) is 4.77. The van der Waals surface area contributed by atoms with Crippen LogP contribution in [0.5, 0.6) is 0 Å². The molecule has 140 valence electrons. The molecule has 0 unspecified atom stereocenters. The Labute approximate surface area is 141 Å². The van der Waals surface area contributed by atoms with Gasteiger partial charge in [0.15, 0.2) is 0 Å². The summed E-state index contributed by atoms with van der Waals surface area (Å²) in [6.45, 7) is 6.69. The molecule has 0 aliphatic rings. The fraction of sp³-hybridized carbons (Fsp3) is 0.800. The largest absolute Gasteiger partial charge is 0.508 e. The summed E-state index contributed by atoms with van der Waals surface area (Å²) in [5.74, 6) is 0. The Morgan fingerprint density at radius 2 is 0.875 bits per heavy atom. The molecule has 0 N–H and O–H groups in total. The molecule has 0 heterocycles. The van der Waals surface area contributed by atoms with E-state index in [9.17, 15) is 14.4 Å². The van der Waals surface area contributed by atoms with Crippen molar-refractivity contribution in [2.45, 2.75) is 34.1 Å². The SMILES string of the molecule is CCOC(=O)OCC(CC)(COC(=O)OCC)COC(=O)OCC. The highest BCUT2D eigenvalue weighted by molar-refractivity contribution is 5.61. The molecule has 0 saturated carbocycles. The van der Waals surface area contributed by atoms with Crippen molar-refractivity contribution in [2.24, 2.45) is 5.41 Å². The van der Waals surface area contributed by atoms with Crippen LogP contribution in [0, 0.1) is 5.41 Å². The van der Waals surface area contributed by atoms with E-state index in [2.05, 4.69) is 14.2 Å². The summed E-state index contributed by atoms with van der Waals surface area (Å²) in [6.07, 6.45) is -2.18. The molecule has 9 heteroatoms. The smallest absolute Gasteiger partial charge is 0.435 e. The number of ether oxygens (including phenoxy) is 6. The van der Waals surface area contributed by atoms with E-state index in [0.29, 0.717) is 6.42 Å². The predicted molar refractivity (Wildman–Crippen MR) is 81.6 cm³/mol. The Hall–Kier alpha value is -2.19. The number of hydrogen-bond acceptors (Lipinski definition) is 9. The molecule has 0 atom stereocenters. The zero-order valence-electron chi connectivity index (χ0n) is 14.6. The molecule has 0 amide bonds. The van der Waals surface area contributed by atoms with Gasteiger partial charge in [0.25, 0.3) is 0 Å². The lowest BCUT2D eigenvalue weighted by atomic mass is 9.88. The molecular weight excluding hydrogens is 324 g/mol. The summed E-state index contributed by atoms with van der Waals surface area (Å²) >= 11 is 0. The zero-order valence-corrected chi connectivity index (χ0v) is 14.6. The first-order chi connectivity index (χ1) is 11.4. The van der Waals surface area contributed by atoms with Gasteiger partial charge >= 0.3 is 18.5 Å². The highest BCUT2D eigenvalue weighted by Crippen LogP contribution is 2.25. The van der Waals surface area contributed by atoms with Gasteiger partial charge in [-0.05, 0) is 27.2 Å². The topological polar surface area (TPSA) is 107 Å². The zero-order chi connectivity index (χ0) is 18.4. The van der Waals surface area contributed by atoms with Gasteiger partial charge in [0.1, 0.15) is 19.8 Å². The molecule has 24 heavy (non-hydrogen) atoms. The minimum absolute atomic E-state index is 0.163. The maximum absolute atomic E-state index is 11.4. The van der Waals surface area contributed by atoms with Crippen LogP contribution in [0.15, 0.2) is 0 Å². The number of carbonyl (C=O) groups excluding carboxylic acids is 3. The van der Waals surface area contributed by atoms with Gasteiger partial charge in [0.05, 0.1) is 25.2 Å². The van der Waals surface area contributed by atoms with Crippen LogP contribution >= 0.6 is 0 Å². The van der Waals surface area contributed by atoms with Crippen molar-refractivity contribution in [1.29, 1.82) is 0 Å². The summed E-state index contributed by atoms with van der Waals surface area (Å²) in [5.41, 5.74) is -0.938. The second-order valence-electron chi connectivity index (χ2n) is 4.77. The first-order valence-electron chi connectivity index (χ1n) is 7.81. The van der Waals surface area contributed by atoms with Gasteiger partial charge in [-0.25, -0.2) is 14.4 Å². The van der Waals surface area contributed by atoms with Crippen molar-refractivity contribution in [3.8, 4) is 0 Å². The molecule has 0 aliphatic carbocycles. The van der Waals surface area contributed by atoms with Crippen molar-refractivity contribution < 1.29 is 42.8 Å². The Kier molecular flexibility index (Phi) is 11.1. The molecule has 9 nitrogen and oxygen atoms in total. The monoisotopic (exact) mass is 350 g/mol. The van der Waals surface area contributed by atoms with Crippen molar-refractivity contribution >= 4 is 18.5 Å². The number of carbonyl (C=O) groups is 3. The average molecular weight is 350 g/mol. The van der Waals surface area contributed by atoms with Crippen molar-refractivity contribution in [1.82, 2.24) is 0 Å². The van der Waals surface area contributed by atoms with E-state index in [0.717, 1.165) is 0 Å². The van der Waals surface area contributed by atoms with E-state index < -0.39 is 23.9 Å². The summed E-state index contributed by atoms with van der Waals surface area (Å²) in [6, 6.07) is 0. The van der Waals surface area contributed by atoms with Crippen molar-refractivity contribution in [3.63, 3.8) is 0 Å². The predicted octanol–water partition coefficient (Wildman–Crippen LogP) is 2.90. The summed E-state index contributed by atoms with van der Waals surface area (Å²) in [5, 5.41) is 0. The third kappa shape index (κ3) is 9.06. The molecule has 0 bridgehead atoms. The first kappa shape index (κ1) is 21.8. The van der Waals surface area contributed by atoms with Gasteiger partial charge in [-0.3, -0.25) is 0 Å². The lowest BCUT2D eigenvalue weighted by Crippen LogP contribution is -2.39. The average Bonchev–Trinajstić information content (AvgIpc) is 2.55. The standard InChI is InChI=1S/C15H26O9/c1-5-15(9-22-12(16)19-6-2,10-23-13(17)20-7-3)11-24-14(18)21-8-4/h5-11H2,1-4H3. The minimum atomic E-state index is -0.938. The van der Waals surface area contributed by atoms with Crippen LogP contribution in [-0.4, -0.2) is 58.1 Å². The lowest BCUT2D eigenvalue weighted by molar-refractivity contribution is -0.0541. The number of rotatable bonds is 10. The van der Waals surface area contributed by atoms with Crippen LogP contribution < -0.4 is 0 Å². The van der Waals surface area contributed by atoms with Crippen molar-refractivity contribution in [2.75, 3.05) is 39.6 Å². The Balaban J connectivity index is 4.81. The first-order valence-corrected chi connectivity index (χ1v) is 7.81. The molecule has 0 rings (SSSR count). The highest BCUT2D eigenvalue weighted by atomic mass is 16.7. The molecule has 0 aromatic rings. The fourth-order valence-electron chi connectivity index (χ4n) is 1.55. The Morgan fingerprint density at radius 1 is 0.583 bits per heavy atom. The van der Waals surface area contributed by atoms with Crippen molar-refractivity contribution in [3.05, 3.63) is 0 Å². The van der Waals surface area contributed by atoms with Crippen LogP contribution in [0.2, 0.25) is 0 Å². The maximum atomic E-state index is 11.4. The highest BCUT2D eigenvalue weighted by Gasteiger charge is 2.35. The molecular formula is C15H26O9. The molecule has 0 radical (unpaired) electrons. The van der Waals surface area contributed by atoms with Gasteiger partial charge < -0.3 is 28.4 Å². The fourth-order valence-corrected chi connectivity index (χ4v) is 1.55. The summed E-state index contributed by atoms with van der Waals surface area (Å²) in [7, 11) is 0. The third-order valence-electron chi connectivity index (χ3n) is 3.03. The van der Waals surface area contributed by atoms with Gasteiger partial charge in [-0.2, -0.15) is 0 Å². The van der Waals surface area contributed by atoms with Gasteiger partial charge in [0, 0.05) is 0 Å². The molecule has 0 saturated heterocycles. The van der Waals surface area contributed by atoms with E-state index in [-0.39, 0.29) is 39.6 Å². The van der Waals surface area contributed by atoms with Gasteiger partial charge in [-0.15, -0.1) is 0 Å². The van der Waals surface area contributed by atoms with E-state index in [1.54, 1.807) is 27.7 Å². The third-order valence-corrected chi connectivity index (χ3v) is 3.03. The van der Waals surface area contributed by atoms with Crippen LogP contribution in [0.25, 0.3) is 0 Å². The second kappa shape index (κ2) is 12.3. The van der Waals surface area contributed by atoms with E-state index in [1.807, 2.05) is 0 Å². The van der Waals surface area contributed by atoms with Gasteiger partial charge in [0.2, 0.25) is 0 Å². The van der Waals surface area contributed by atoms with Gasteiger partial charge in [-0.1, -0.05) is 6.92 Å². The van der Waals surface area contributed by atoms with Crippen LogP contribution in [0.4, 0.5) is 14.4 Å².